The van der Waals surface area contributed by atoms with E-state index in [4.69, 9.17) is 13.3 Å². The maximum atomic E-state index is 9.47. The first-order valence-electron chi connectivity index (χ1n) is 6.06. The lowest BCUT2D eigenvalue weighted by molar-refractivity contribution is 0.234. The normalized spacial score (nSPS) is 19.8. The minimum Gasteiger partial charge on any atom is -0.418 e. The lowest BCUT2D eigenvalue weighted by Crippen LogP contribution is -2.46. The van der Waals surface area contributed by atoms with Crippen LogP contribution in [-0.2, 0) is 13.3 Å². The van der Waals surface area contributed by atoms with Crippen LogP contribution in [-0.4, -0.2) is 49.5 Å². The van der Waals surface area contributed by atoms with Crippen LogP contribution in [0.5, 0.6) is 0 Å². The Hall–Kier alpha value is 0.274. The minimum absolute atomic E-state index is 0.162. The molecule has 0 saturated heterocycles. The molecule has 0 rings (SSSR count). The van der Waals surface area contributed by atoms with Crippen LogP contribution in [0, 0.1) is 0 Å². The van der Waals surface area contributed by atoms with Gasteiger partial charge in [0.05, 0.1) is 6.23 Å². The number of aliphatic hydroxyl groups is 1. The van der Waals surface area contributed by atoms with Crippen molar-refractivity contribution in [1.82, 2.24) is 0 Å². The van der Waals surface area contributed by atoms with Gasteiger partial charge in [-0.2, -0.15) is 0 Å². The van der Waals surface area contributed by atoms with Gasteiger partial charge in [-0.1, -0.05) is 13.8 Å². The molecule has 6 heteroatoms. The molecule has 1 N–H and O–H groups in total. The Bertz CT molecular complexity index is 196. The summed E-state index contributed by atoms with van der Waals surface area (Å²) in [5.74, 6) is 0. The van der Waals surface area contributed by atoms with E-state index in [1.807, 2.05) is 0 Å². The third-order valence-electron chi connectivity index (χ3n) is 4.24. The van der Waals surface area contributed by atoms with E-state index in [-0.39, 0.29) is 6.23 Å². The van der Waals surface area contributed by atoms with Crippen molar-refractivity contribution >= 4 is 16.9 Å². The molecule has 0 radical (unpaired) electrons. The van der Waals surface area contributed by atoms with Crippen LogP contribution < -0.4 is 0 Å². The monoisotopic (exact) mass is 280 g/mol. The third kappa shape index (κ3) is 4.15. The number of rotatable bonds is 8. The van der Waals surface area contributed by atoms with E-state index >= 15 is 0 Å². The van der Waals surface area contributed by atoms with Crippen molar-refractivity contribution in [1.29, 1.82) is 0 Å². The minimum atomic E-state index is -2.08. The molecule has 0 heterocycles. The molecule has 0 aromatic carbocycles. The van der Waals surface area contributed by atoms with E-state index in [1.54, 1.807) is 21.3 Å². The summed E-state index contributed by atoms with van der Waals surface area (Å²) in [6, 6.07) is 0. The predicted molar refractivity (Wildman–Crippen MR) is 74.8 cm³/mol. The van der Waals surface area contributed by atoms with Gasteiger partial charge in [-0.3, -0.25) is 0 Å². The SMILES string of the molecule is CO[Si](C)(CO)C(C)CC(C)[Si](C)(OC)OC. The molecule has 0 bridgehead atoms. The van der Waals surface area contributed by atoms with Crippen LogP contribution in [0.2, 0.25) is 24.2 Å². The summed E-state index contributed by atoms with van der Waals surface area (Å²) < 4.78 is 16.7. The maximum absolute atomic E-state index is 9.47. The lowest BCUT2D eigenvalue weighted by atomic mass is 10.2. The Morgan fingerprint density at radius 3 is 1.71 bits per heavy atom. The van der Waals surface area contributed by atoms with E-state index < -0.39 is 16.9 Å². The van der Waals surface area contributed by atoms with Gasteiger partial charge in [-0.25, -0.2) is 0 Å². The number of aliphatic hydroxyl groups excluding tert-OH is 1. The second-order valence-electron chi connectivity index (χ2n) is 5.14. The van der Waals surface area contributed by atoms with Gasteiger partial charge in [-0.05, 0) is 30.6 Å². The first kappa shape index (κ1) is 17.3. The van der Waals surface area contributed by atoms with Gasteiger partial charge in [0.15, 0.2) is 0 Å². The zero-order chi connectivity index (χ0) is 13.7. The van der Waals surface area contributed by atoms with E-state index in [9.17, 15) is 5.11 Å². The largest absolute Gasteiger partial charge is 0.418 e. The summed E-state index contributed by atoms with van der Waals surface area (Å²) in [5, 5.41) is 9.47. The Morgan fingerprint density at radius 1 is 0.941 bits per heavy atom. The standard InChI is InChI=1S/C11H28O4Si2/c1-10(16(6,9-12)13-3)8-11(2)17(7,14-4)15-5/h10-12H,8-9H2,1-7H3. The van der Waals surface area contributed by atoms with Crippen LogP contribution in [0.25, 0.3) is 0 Å². The summed E-state index contributed by atoms with van der Waals surface area (Å²) in [5.41, 5.74) is 0.755. The summed E-state index contributed by atoms with van der Waals surface area (Å²) in [7, 11) is 1.05. The molecule has 0 saturated carbocycles. The van der Waals surface area contributed by atoms with Crippen molar-refractivity contribution in [2.75, 3.05) is 27.6 Å². The molecule has 17 heavy (non-hydrogen) atoms. The van der Waals surface area contributed by atoms with Crippen molar-refractivity contribution in [3.8, 4) is 0 Å². The van der Waals surface area contributed by atoms with Crippen LogP contribution in [0.15, 0.2) is 0 Å². The molecule has 0 fully saturated rings. The van der Waals surface area contributed by atoms with Gasteiger partial charge < -0.3 is 18.4 Å². The second kappa shape index (κ2) is 7.01. The molecule has 0 spiro atoms. The zero-order valence-electron chi connectivity index (χ0n) is 12.2. The van der Waals surface area contributed by atoms with E-state index in [0.29, 0.717) is 11.1 Å². The molecule has 0 aliphatic carbocycles. The number of hydrogen-bond donors (Lipinski definition) is 1. The molecular weight excluding hydrogens is 252 g/mol. The van der Waals surface area contributed by atoms with Gasteiger partial charge in [-0.15, -0.1) is 0 Å². The summed E-state index contributed by atoms with van der Waals surface area (Å²) in [6.45, 7) is 8.47. The van der Waals surface area contributed by atoms with Gasteiger partial charge in [0.25, 0.3) is 0 Å². The average molecular weight is 281 g/mol. The first-order valence-corrected chi connectivity index (χ1v) is 11.1. The third-order valence-corrected chi connectivity index (χ3v) is 11.8. The molecule has 0 aliphatic heterocycles. The Morgan fingerprint density at radius 2 is 1.41 bits per heavy atom. The smallest absolute Gasteiger partial charge is 0.337 e. The fourth-order valence-corrected chi connectivity index (χ4v) is 5.59. The lowest BCUT2D eigenvalue weighted by Gasteiger charge is -2.35. The Balaban J connectivity index is 4.62. The molecule has 4 nitrogen and oxygen atoms in total. The second-order valence-corrected chi connectivity index (χ2v) is 13.3. The van der Waals surface area contributed by atoms with Crippen LogP contribution in [0.1, 0.15) is 20.3 Å². The van der Waals surface area contributed by atoms with Crippen molar-refractivity contribution in [3.05, 3.63) is 0 Å². The van der Waals surface area contributed by atoms with E-state index in [1.165, 1.54) is 0 Å². The summed E-state index contributed by atoms with van der Waals surface area (Å²) in [4.78, 5) is 0. The molecular formula is C11H28O4Si2. The number of hydrogen-bond acceptors (Lipinski definition) is 4. The Kier molecular flexibility index (Phi) is 7.12. The highest BCUT2D eigenvalue weighted by atomic mass is 28.4. The van der Waals surface area contributed by atoms with Crippen LogP contribution in [0.3, 0.4) is 0 Å². The molecule has 0 aliphatic rings. The van der Waals surface area contributed by atoms with E-state index in [2.05, 4.69) is 26.9 Å². The first-order chi connectivity index (χ1) is 7.79. The molecule has 0 amide bonds. The highest BCUT2D eigenvalue weighted by Gasteiger charge is 2.41. The van der Waals surface area contributed by atoms with Crippen molar-refractivity contribution < 1.29 is 18.4 Å². The highest BCUT2D eigenvalue weighted by Crippen LogP contribution is 2.36. The molecule has 0 aromatic heterocycles. The van der Waals surface area contributed by atoms with Gasteiger partial charge in [0, 0.05) is 21.3 Å². The molecule has 104 valence electrons. The van der Waals surface area contributed by atoms with Crippen molar-refractivity contribution in [2.45, 2.75) is 44.4 Å². The summed E-state index contributed by atoms with van der Waals surface area (Å²) >= 11 is 0. The van der Waals surface area contributed by atoms with Gasteiger partial charge in [0.1, 0.15) is 0 Å². The quantitative estimate of drug-likeness (QED) is 0.693. The van der Waals surface area contributed by atoms with Crippen LogP contribution >= 0.6 is 0 Å². The fourth-order valence-electron chi connectivity index (χ4n) is 1.90. The van der Waals surface area contributed by atoms with Gasteiger partial charge in [0.2, 0.25) is 8.32 Å². The van der Waals surface area contributed by atoms with Gasteiger partial charge >= 0.3 is 8.56 Å². The topological polar surface area (TPSA) is 47.9 Å². The maximum Gasteiger partial charge on any atom is 0.337 e. The Labute approximate surface area is 108 Å². The molecule has 3 unspecified atom stereocenters. The average Bonchev–Trinajstić information content (AvgIpc) is 2.36. The molecule has 0 aromatic rings. The summed E-state index contributed by atoms with van der Waals surface area (Å²) in [6.07, 6.45) is 1.14. The van der Waals surface area contributed by atoms with Crippen LogP contribution in [0.4, 0.5) is 0 Å². The van der Waals surface area contributed by atoms with Crippen molar-refractivity contribution in [2.24, 2.45) is 0 Å². The van der Waals surface area contributed by atoms with E-state index in [0.717, 1.165) is 6.42 Å². The zero-order valence-corrected chi connectivity index (χ0v) is 14.2. The highest BCUT2D eigenvalue weighted by molar-refractivity contribution is 6.74. The molecule has 3 atom stereocenters. The fraction of sp³-hybridized carbons (Fsp3) is 1.00. The predicted octanol–water partition coefficient (Wildman–Crippen LogP) is 2.27. The van der Waals surface area contributed by atoms with Crippen molar-refractivity contribution in [3.63, 3.8) is 0 Å².